The van der Waals surface area contributed by atoms with Crippen LogP contribution in [-0.4, -0.2) is 12.6 Å². The Bertz CT molecular complexity index is 224. The smallest absolute Gasteiger partial charge is 0.312 e. The van der Waals surface area contributed by atoms with Gasteiger partial charge >= 0.3 is 5.97 Å². The van der Waals surface area contributed by atoms with Crippen LogP contribution in [0.4, 0.5) is 0 Å². The van der Waals surface area contributed by atoms with E-state index in [1.54, 1.807) is 0 Å². The SMILES string of the molecule is O=C1OCCC12CC1CCC12. The number of esters is 1. The van der Waals surface area contributed by atoms with Gasteiger partial charge in [-0.1, -0.05) is 0 Å². The van der Waals surface area contributed by atoms with Crippen LogP contribution in [0.25, 0.3) is 0 Å². The Morgan fingerprint density at radius 1 is 1.45 bits per heavy atom. The Balaban J connectivity index is 1.90. The summed E-state index contributed by atoms with van der Waals surface area (Å²) < 4.78 is 5.02. The van der Waals surface area contributed by atoms with Crippen molar-refractivity contribution in [1.29, 1.82) is 0 Å². The van der Waals surface area contributed by atoms with Crippen LogP contribution in [-0.2, 0) is 9.53 Å². The van der Waals surface area contributed by atoms with Crippen molar-refractivity contribution in [2.45, 2.75) is 25.7 Å². The lowest BCUT2D eigenvalue weighted by Crippen LogP contribution is -2.56. The van der Waals surface area contributed by atoms with Crippen molar-refractivity contribution >= 4 is 5.97 Å². The van der Waals surface area contributed by atoms with Gasteiger partial charge in [-0.15, -0.1) is 0 Å². The van der Waals surface area contributed by atoms with Crippen molar-refractivity contribution in [3.63, 3.8) is 0 Å². The molecule has 0 aromatic carbocycles. The van der Waals surface area contributed by atoms with Gasteiger partial charge in [-0.05, 0) is 37.5 Å². The predicted octanol–water partition coefficient (Wildman–Crippen LogP) is 1.35. The summed E-state index contributed by atoms with van der Waals surface area (Å²) in [6.07, 6.45) is 4.78. The molecule has 0 bridgehead atoms. The summed E-state index contributed by atoms with van der Waals surface area (Å²) in [7, 11) is 0. The summed E-state index contributed by atoms with van der Waals surface area (Å²) in [6, 6.07) is 0. The molecule has 0 radical (unpaired) electrons. The highest BCUT2D eigenvalue weighted by molar-refractivity contribution is 5.80. The minimum Gasteiger partial charge on any atom is -0.465 e. The van der Waals surface area contributed by atoms with E-state index in [0.717, 1.165) is 24.7 Å². The molecule has 3 rings (SSSR count). The van der Waals surface area contributed by atoms with Gasteiger partial charge in [-0.25, -0.2) is 0 Å². The molecule has 3 fully saturated rings. The van der Waals surface area contributed by atoms with Crippen LogP contribution in [0.1, 0.15) is 25.7 Å². The van der Waals surface area contributed by atoms with Crippen molar-refractivity contribution in [2.75, 3.05) is 6.61 Å². The number of hydrogen-bond donors (Lipinski definition) is 0. The van der Waals surface area contributed by atoms with Gasteiger partial charge < -0.3 is 4.74 Å². The summed E-state index contributed by atoms with van der Waals surface area (Å²) in [5, 5.41) is 0. The molecule has 2 heteroatoms. The molecule has 1 heterocycles. The topological polar surface area (TPSA) is 26.3 Å². The van der Waals surface area contributed by atoms with Crippen LogP contribution in [0.15, 0.2) is 0 Å². The molecule has 2 saturated carbocycles. The second kappa shape index (κ2) is 1.62. The molecule has 1 spiro atoms. The van der Waals surface area contributed by atoms with Gasteiger partial charge in [0.05, 0.1) is 12.0 Å². The largest absolute Gasteiger partial charge is 0.465 e. The third-order valence-corrected chi connectivity index (χ3v) is 3.94. The zero-order valence-corrected chi connectivity index (χ0v) is 6.51. The Morgan fingerprint density at radius 3 is 2.73 bits per heavy atom. The summed E-state index contributed by atoms with van der Waals surface area (Å²) >= 11 is 0. The zero-order valence-electron chi connectivity index (χ0n) is 6.51. The normalized spacial score (nSPS) is 52.9. The average Bonchev–Trinajstić information content (AvgIpc) is 2.29. The van der Waals surface area contributed by atoms with E-state index in [0.29, 0.717) is 6.61 Å². The summed E-state index contributed by atoms with van der Waals surface area (Å²) in [6.45, 7) is 0.683. The number of ether oxygens (including phenoxy) is 1. The molecule has 60 valence electrons. The number of fused-ring (bicyclic) bond motifs is 2. The first-order chi connectivity index (χ1) is 5.33. The van der Waals surface area contributed by atoms with Gasteiger partial charge in [-0.3, -0.25) is 4.79 Å². The van der Waals surface area contributed by atoms with E-state index >= 15 is 0 Å². The van der Waals surface area contributed by atoms with E-state index < -0.39 is 0 Å². The summed E-state index contributed by atoms with van der Waals surface area (Å²) in [5.41, 5.74) is 0.0307. The van der Waals surface area contributed by atoms with Crippen molar-refractivity contribution in [1.82, 2.24) is 0 Å². The zero-order chi connectivity index (χ0) is 7.47. The first-order valence-electron chi connectivity index (χ1n) is 4.50. The van der Waals surface area contributed by atoms with E-state index in [9.17, 15) is 4.79 Å². The van der Waals surface area contributed by atoms with Crippen molar-refractivity contribution < 1.29 is 9.53 Å². The fourth-order valence-corrected chi connectivity index (χ4v) is 3.09. The van der Waals surface area contributed by atoms with E-state index in [1.165, 1.54) is 12.8 Å². The third-order valence-electron chi connectivity index (χ3n) is 3.94. The summed E-state index contributed by atoms with van der Waals surface area (Å²) in [4.78, 5) is 11.3. The van der Waals surface area contributed by atoms with Crippen LogP contribution in [0.5, 0.6) is 0 Å². The number of cyclic esters (lactones) is 1. The van der Waals surface area contributed by atoms with Gasteiger partial charge in [0.1, 0.15) is 0 Å². The second-order valence-corrected chi connectivity index (χ2v) is 4.19. The minimum atomic E-state index is 0.0307. The van der Waals surface area contributed by atoms with Gasteiger partial charge in [-0.2, -0.15) is 0 Å². The molecular formula is C9H12O2. The quantitative estimate of drug-likeness (QED) is 0.490. The van der Waals surface area contributed by atoms with Crippen molar-refractivity contribution in [2.24, 2.45) is 17.3 Å². The van der Waals surface area contributed by atoms with Gasteiger partial charge in [0.15, 0.2) is 0 Å². The van der Waals surface area contributed by atoms with E-state index in [1.807, 2.05) is 0 Å². The molecule has 3 atom stereocenters. The highest BCUT2D eigenvalue weighted by Crippen LogP contribution is 2.65. The lowest BCUT2D eigenvalue weighted by molar-refractivity contribution is -0.172. The third kappa shape index (κ3) is 0.501. The monoisotopic (exact) mass is 152 g/mol. The van der Waals surface area contributed by atoms with Crippen LogP contribution < -0.4 is 0 Å². The molecule has 3 aliphatic rings. The molecule has 0 aromatic rings. The maximum atomic E-state index is 11.3. The maximum absolute atomic E-state index is 11.3. The average molecular weight is 152 g/mol. The van der Waals surface area contributed by atoms with Crippen molar-refractivity contribution in [3.05, 3.63) is 0 Å². The molecule has 2 aliphatic carbocycles. The first-order valence-corrected chi connectivity index (χ1v) is 4.50. The number of hydrogen-bond acceptors (Lipinski definition) is 2. The molecule has 0 amide bonds. The summed E-state index contributed by atoms with van der Waals surface area (Å²) in [5.74, 6) is 1.72. The molecule has 1 saturated heterocycles. The van der Waals surface area contributed by atoms with Gasteiger partial charge in [0.25, 0.3) is 0 Å². The van der Waals surface area contributed by atoms with Gasteiger partial charge in [0, 0.05) is 0 Å². The van der Waals surface area contributed by atoms with Crippen LogP contribution in [0.2, 0.25) is 0 Å². The molecule has 2 nitrogen and oxygen atoms in total. The fourth-order valence-electron chi connectivity index (χ4n) is 3.09. The first kappa shape index (κ1) is 6.04. The Hall–Kier alpha value is -0.530. The Labute approximate surface area is 65.9 Å². The maximum Gasteiger partial charge on any atom is 0.312 e. The van der Waals surface area contributed by atoms with Gasteiger partial charge in [0.2, 0.25) is 0 Å². The Kier molecular flexibility index (Phi) is 0.890. The van der Waals surface area contributed by atoms with Crippen LogP contribution in [0, 0.1) is 17.3 Å². The van der Waals surface area contributed by atoms with E-state index in [2.05, 4.69) is 0 Å². The predicted molar refractivity (Wildman–Crippen MR) is 38.8 cm³/mol. The van der Waals surface area contributed by atoms with Crippen LogP contribution >= 0.6 is 0 Å². The Morgan fingerprint density at radius 2 is 2.36 bits per heavy atom. The van der Waals surface area contributed by atoms with E-state index in [-0.39, 0.29) is 11.4 Å². The second-order valence-electron chi connectivity index (χ2n) is 4.19. The molecule has 0 aromatic heterocycles. The molecular weight excluding hydrogens is 140 g/mol. The lowest BCUT2D eigenvalue weighted by atomic mass is 9.44. The minimum absolute atomic E-state index is 0.0307. The fraction of sp³-hybridized carbons (Fsp3) is 0.889. The lowest BCUT2D eigenvalue weighted by Gasteiger charge is -2.58. The highest BCUT2D eigenvalue weighted by atomic mass is 16.5. The standard InChI is InChI=1S/C9H12O2/c10-8-9(3-4-11-8)5-6-1-2-7(6)9/h6-7H,1-5H2. The molecule has 3 unspecified atom stereocenters. The number of carbonyl (C=O) groups is 1. The number of carbonyl (C=O) groups excluding carboxylic acids is 1. The molecule has 1 aliphatic heterocycles. The number of rotatable bonds is 0. The van der Waals surface area contributed by atoms with E-state index in [4.69, 9.17) is 4.74 Å². The highest BCUT2D eigenvalue weighted by Gasteiger charge is 2.64. The van der Waals surface area contributed by atoms with Crippen LogP contribution in [0.3, 0.4) is 0 Å². The van der Waals surface area contributed by atoms with Crippen molar-refractivity contribution in [3.8, 4) is 0 Å². The molecule has 0 N–H and O–H groups in total. The molecule has 11 heavy (non-hydrogen) atoms.